The lowest BCUT2D eigenvalue weighted by Crippen LogP contribution is -2.09. The molecule has 1 aliphatic rings. The van der Waals surface area contributed by atoms with Crippen molar-refractivity contribution in [3.8, 4) is 45.0 Å². The van der Waals surface area contributed by atoms with Gasteiger partial charge in [-0.2, -0.15) is 0 Å². The first-order valence-corrected chi connectivity index (χ1v) is 17.4. The maximum absolute atomic E-state index is 5.18. The minimum Gasteiger partial charge on any atom is -0.228 e. The molecule has 0 spiro atoms. The molecule has 0 saturated heterocycles. The van der Waals surface area contributed by atoms with Gasteiger partial charge in [0.2, 0.25) is 0 Å². The van der Waals surface area contributed by atoms with Crippen molar-refractivity contribution in [3.05, 3.63) is 217 Å². The molecule has 2 nitrogen and oxygen atoms in total. The Morgan fingerprint density at radius 2 is 1.02 bits per heavy atom. The molecule has 9 rings (SSSR count). The molecule has 0 radical (unpaired) electrons. The summed E-state index contributed by atoms with van der Waals surface area (Å²) in [4.78, 5) is 10.3. The summed E-state index contributed by atoms with van der Waals surface area (Å²) in [6.07, 6.45) is 2.39. The van der Waals surface area contributed by atoms with Crippen molar-refractivity contribution in [2.75, 3.05) is 0 Å². The third-order valence-electron chi connectivity index (χ3n) is 9.93. The fraction of sp³-hybridized carbons (Fsp3) is 0.0204. The Hall–Kier alpha value is -6.64. The van der Waals surface area contributed by atoms with E-state index in [4.69, 9.17) is 9.97 Å². The molecule has 0 N–H and O–H groups in total. The molecule has 1 heterocycles. The van der Waals surface area contributed by atoms with E-state index in [2.05, 4.69) is 183 Å². The average Bonchev–Trinajstić information content (AvgIpc) is 3.22. The van der Waals surface area contributed by atoms with E-state index in [0.29, 0.717) is 5.82 Å². The highest BCUT2D eigenvalue weighted by Crippen LogP contribution is 2.47. The van der Waals surface area contributed by atoms with E-state index >= 15 is 0 Å². The van der Waals surface area contributed by atoms with Gasteiger partial charge >= 0.3 is 0 Å². The summed E-state index contributed by atoms with van der Waals surface area (Å²) in [6.45, 7) is 4.63. The van der Waals surface area contributed by atoms with Crippen molar-refractivity contribution in [1.29, 1.82) is 0 Å². The molecule has 1 unspecified atom stereocenters. The number of aromatic nitrogens is 2. The van der Waals surface area contributed by atoms with E-state index in [0.717, 1.165) is 44.8 Å². The standard InChI is InChI=1S/C49H34N2/c1-33-42-29-28-36-18-11-12-23-43(36)48(42)45(31-44(33)35-16-7-3-8-17-35)37-24-26-39(27-25-37)49-50-46(38-19-9-4-10-20-38)32-47(51-49)41-22-13-21-40(30-41)34-14-5-2-6-15-34/h2-32,44H,1H2. The van der Waals surface area contributed by atoms with Crippen molar-refractivity contribution in [3.63, 3.8) is 0 Å². The molecular weight excluding hydrogens is 617 g/mol. The third kappa shape index (κ3) is 5.77. The highest BCUT2D eigenvalue weighted by molar-refractivity contribution is 6.05. The molecule has 7 aromatic carbocycles. The van der Waals surface area contributed by atoms with Crippen LogP contribution in [0.25, 0.3) is 66.9 Å². The van der Waals surface area contributed by atoms with Crippen molar-refractivity contribution in [2.24, 2.45) is 0 Å². The molecule has 1 aromatic heterocycles. The maximum Gasteiger partial charge on any atom is 0.160 e. The van der Waals surface area contributed by atoms with Crippen molar-refractivity contribution in [1.82, 2.24) is 9.97 Å². The van der Waals surface area contributed by atoms with Gasteiger partial charge in [-0.3, -0.25) is 0 Å². The van der Waals surface area contributed by atoms with E-state index in [1.54, 1.807) is 0 Å². The highest BCUT2D eigenvalue weighted by Gasteiger charge is 2.27. The summed E-state index contributed by atoms with van der Waals surface area (Å²) in [5.41, 5.74) is 14.4. The minimum absolute atomic E-state index is 0.0784. The first-order valence-electron chi connectivity index (χ1n) is 17.4. The summed E-state index contributed by atoms with van der Waals surface area (Å²) in [6, 6.07) is 64.1. The van der Waals surface area contributed by atoms with E-state index < -0.39 is 0 Å². The molecule has 2 heteroatoms. The lowest BCUT2D eigenvalue weighted by atomic mass is 9.75. The van der Waals surface area contributed by atoms with Gasteiger partial charge in [-0.05, 0) is 67.4 Å². The lowest BCUT2D eigenvalue weighted by molar-refractivity contribution is 1.09. The van der Waals surface area contributed by atoms with E-state index in [-0.39, 0.29) is 5.92 Å². The summed E-state index contributed by atoms with van der Waals surface area (Å²) >= 11 is 0. The van der Waals surface area contributed by atoms with Crippen LogP contribution >= 0.6 is 0 Å². The number of benzene rings is 7. The van der Waals surface area contributed by atoms with Crippen molar-refractivity contribution >= 4 is 21.9 Å². The summed E-state index contributed by atoms with van der Waals surface area (Å²) in [7, 11) is 0. The molecule has 8 aromatic rings. The van der Waals surface area contributed by atoms with Gasteiger partial charge < -0.3 is 0 Å². The topological polar surface area (TPSA) is 25.8 Å². The molecule has 1 aliphatic carbocycles. The van der Waals surface area contributed by atoms with E-state index in [9.17, 15) is 0 Å². The van der Waals surface area contributed by atoms with Gasteiger partial charge in [0.05, 0.1) is 11.4 Å². The van der Waals surface area contributed by atoms with Crippen molar-refractivity contribution < 1.29 is 0 Å². The van der Waals surface area contributed by atoms with E-state index in [1.807, 2.05) is 12.1 Å². The first-order chi connectivity index (χ1) is 25.2. The smallest absolute Gasteiger partial charge is 0.160 e. The van der Waals surface area contributed by atoms with Crippen LogP contribution in [0.5, 0.6) is 0 Å². The second-order valence-electron chi connectivity index (χ2n) is 13.1. The number of allylic oxidation sites excluding steroid dienone is 2. The Kier molecular flexibility index (Phi) is 7.75. The quantitative estimate of drug-likeness (QED) is 0.179. The van der Waals surface area contributed by atoms with Crippen LogP contribution in [0.2, 0.25) is 0 Å². The number of hydrogen-bond donors (Lipinski definition) is 0. The van der Waals surface area contributed by atoms with Crippen LogP contribution in [-0.2, 0) is 0 Å². The normalized spacial score (nSPS) is 13.8. The highest BCUT2D eigenvalue weighted by atomic mass is 14.9. The second kappa shape index (κ2) is 13.0. The Morgan fingerprint density at radius 1 is 0.431 bits per heavy atom. The molecule has 0 amide bonds. The Labute approximate surface area is 298 Å². The van der Waals surface area contributed by atoms with Gasteiger partial charge in [-0.15, -0.1) is 0 Å². The molecule has 0 saturated carbocycles. The van der Waals surface area contributed by atoms with Gasteiger partial charge in [0.1, 0.15) is 0 Å². The summed E-state index contributed by atoms with van der Waals surface area (Å²) < 4.78 is 0. The number of hydrogen-bond acceptors (Lipinski definition) is 2. The predicted octanol–water partition coefficient (Wildman–Crippen LogP) is 12.5. The number of rotatable bonds is 6. The lowest BCUT2D eigenvalue weighted by Gasteiger charge is -2.28. The number of nitrogens with zero attached hydrogens (tertiary/aromatic N) is 2. The predicted molar refractivity (Wildman–Crippen MR) is 213 cm³/mol. The zero-order valence-corrected chi connectivity index (χ0v) is 28.1. The zero-order chi connectivity index (χ0) is 34.1. The first kappa shape index (κ1) is 30.4. The van der Waals surface area contributed by atoms with Gasteiger partial charge in [-0.25, -0.2) is 9.97 Å². The minimum atomic E-state index is 0.0784. The van der Waals surface area contributed by atoms with Crippen LogP contribution < -0.4 is 0 Å². The Balaban J connectivity index is 1.16. The second-order valence-corrected chi connectivity index (χ2v) is 13.1. The van der Waals surface area contributed by atoms with Gasteiger partial charge in [0, 0.05) is 22.6 Å². The number of fused-ring (bicyclic) bond motifs is 3. The van der Waals surface area contributed by atoms with Gasteiger partial charge in [0.15, 0.2) is 5.82 Å². The Bertz CT molecular complexity index is 2570. The van der Waals surface area contributed by atoms with Crippen LogP contribution in [0.15, 0.2) is 195 Å². The van der Waals surface area contributed by atoms with Crippen LogP contribution in [-0.4, -0.2) is 9.97 Å². The Morgan fingerprint density at radius 3 is 1.76 bits per heavy atom. The molecule has 240 valence electrons. The van der Waals surface area contributed by atoms with Crippen LogP contribution in [0.4, 0.5) is 0 Å². The van der Waals surface area contributed by atoms with Crippen molar-refractivity contribution in [2.45, 2.75) is 5.92 Å². The summed E-state index contributed by atoms with van der Waals surface area (Å²) in [5.74, 6) is 0.775. The third-order valence-corrected chi connectivity index (χ3v) is 9.93. The average molecular weight is 651 g/mol. The SMILES string of the molecule is C=C1c2ccc3ccccc3c2C(c2ccc(-c3nc(-c4ccccc4)cc(-c4cccc(-c5ccccc5)c4)n3)cc2)=CC1c1ccccc1. The van der Waals surface area contributed by atoms with E-state index in [1.165, 1.54) is 38.6 Å². The fourth-order valence-electron chi connectivity index (χ4n) is 7.31. The molecular formula is C49H34N2. The van der Waals surface area contributed by atoms with Gasteiger partial charge in [0.25, 0.3) is 0 Å². The van der Waals surface area contributed by atoms with Crippen LogP contribution in [0, 0.1) is 0 Å². The monoisotopic (exact) mass is 650 g/mol. The largest absolute Gasteiger partial charge is 0.228 e. The van der Waals surface area contributed by atoms with Crippen LogP contribution in [0.1, 0.15) is 28.2 Å². The molecule has 51 heavy (non-hydrogen) atoms. The fourth-order valence-corrected chi connectivity index (χ4v) is 7.31. The molecule has 0 fully saturated rings. The van der Waals surface area contributed by atoms with Crippen LogP contribution in [0.3, 0.4) is 0 Å². The molecule has 0 aliphatic heterocycles. The molecule has 0 bridgehead atoms. The van der Waals surface area contributed by atoms with Gasteiger partial charge in [-0.1, -0.05) is 183 Å². The zero-order valence-electron chi connectivity index (χ0n) is 28.1. The summed E-state index contributed by atoms with van der Waals surface area (Å²) in [5, 5.41) is 2.46. The molecule has 1 atom stereocenters. The maximum atomic E-state index is 5.18.